The van der Waals surface area contributed by atoms with E-state index in [1.54, 1.807) is 7.11 Å². The average molecular weight is 451 g/mol. The van der Waals surface area contributed by atoms with E-state index in [9.17, 15) is 0 Å². The zero-order chi connectivity index (χ0) is 22.7. The van der Waals surface area contributed by atoms with Crippen molar-refractivity contribution in [3.8, 4) is 5.75 Å². The van der Waals surface area contributed by atoms with Gasteiger partial charge in [-0.15, -0.1) is 0 Å². The van der Waals surface area contributed by atoms with Crippen molar-refractivity contribution in [2.75, 3.05) is 26.9 Å². The maximum Gasteiger partial charge on any atom is 0.143 e. The van der Waals surface area contributed by atoms with Gasteiger partial charge in [-0.2, -0.15) is 12.6 Å². The predicted octanol–water partition coefficient (Wildman–Crippen LogP) is 6.51. The molecule has 0 aliphatic rings. The highest BCUT2D eigenvalue weighted by atomic mass is 32.1. The Labute approximate surface area is 198 Å². The zero-order valence-electron chi connectivity index (χ0n) is 19.1. The van der Waals surface area contributed by atoms with Gasteiger partial charge >= 0.3 is 0 Å². The minimum Gasteiger partial charge on any atom is -0.497 e. The van der Waals surface area contributed by atoms with E-state index in [4.69, 9.17) is 26.8 Å². The molecule has 3 rings (SSSR count). The number of thiol groups is 1. The fourth-order valence-corrected chi connectivity index (χ4v) is 4.04. The van der Waals surface area contributed by atoms with Gasteiger partial charge in [-0.05, 0) is 35.2 Å². The Morgan fingerprint density at radius 3 is 1.84 bits per heavy atom. The van der Waals surface area contributed by atoms with E-state index in [2.05, 4.69) is 67.6 Å². The summed E-state index contributed by atoms with van der Waals surface area (Å²) in [6.07, 6.45) is 3.47. The number of unbranched alkanes of at least 4 members (excludes halogenated alkanes) is 2. The number of hydrogen-bond donors (Lipinski definition) is 1. The topological polar surface area (TPSA) is 27.7 Å². The maximum atomic E-state index is 6.80. The van der Waals surface area contributed by atoms with Crippen LogP contribution in [0.2, 0.25) is 0 Å². The summed E-state index contributed by atoms with van der Waals surface area (Å²) in [4.78, 5) is 0. The lowest BCUT2D eigenvalue weighted by atomic mass is 9.80. The molecule has 3 nitrogen and oxygen atoms in total. The van der Waals surface area contributed by atoms with Crippen LogP contribution in [0.4, 0.5) is 0 Å². The summed E-state index contributed by atoms with van der Waals surface area (Å²) in [5, 5.41) is -0.0262. The SMILES string of the molecule is CCCCCOC[C@H](S)COC(c1ccccc1)(c1ccccc1)c1ccc(OC)cc1. The van der Waals surface area contributed by atoms with Crippen molar-refractivity contribution in [2.24, 2.45) is 0 Å². The lowest BCUT2D eigenvalue weighted by molar-refractivity contribution is 0.00270. The van der Waals surface area contributed by atoms with Crippen LogP contribution in [-0.2, 0) is 15.1 Å². The van der Waals surface area contributed by atoms with Crippen LogP contribution in [0.5, 0.6) is 5.75 Å². The molecule has 0 saturated heterocycles. The molecule has 0 aliphatic carbocycles. The lowest BCUT2D eigenvalue weighted by Gasteiger charge is -2.36. The smallest absolute Gasteiger partial charge is 0.143 e. The standard InChI is InChI=1S/C28H34O3S/c1-3-4-11-20-30-21-27(32)22-31-28(23-12-7-5-8-13-23,24-14-9-6-10-15-24)25-16-18-26(29-2)19-17-25/h5-10,12-19,27,32H,3-4,11,20-22H2,1-2H3/t27-/m0/s1. The van der Waals surface area contributed by atoms with Gasteiger partial charge in [0.05, 0.1) is 20.3 Å². The van der Waals surface area contributed by atoms with Gasteiger partial charge in [-0.3, -0.25) is 0 Å². The molecule has 0 spiro atoms. The molecular weight excluding hydrogens is 416 g/mol. The number of methoxy groups -OCH3 is 1. The third-order valence-corrected chi connectivity index (χ3v) is 5.85. The molecule has 1 atom stereocenters. The van der Waals surface area contributed by atoms with Gasteiger partial charge < -0.3 is 14.2 Å². The quantitative estimate of drug-likeness (QED) is 0.183. The van der Waals surface area contributed by atoms with Crippen LogP contribution in [-0.4, -0.2) is 32.2 Å². The van der Waals surface area contributed by atoms with Gasteiger partial charge in [0.2, 0.25) is 0 Å². The van der Waals surface area contributed by atoms with Crippen molar-refractivity contribution in [1.82, 2.24) is 0 Å². The van der Waals surface area contributed by atoms with Gasteiger partial charge in [0.25, 0.3) is 0 Å². The first kappa shape index (κ1) is 24.4. The maximum absolute atomic E-state index is 6.80. The second kappa shape index (κ2) is 12.7. The largest absolute Gasteiger partial charge is 0.497 e. The fraction of sp³-hybridized carbons (Fsp3) is 0.357. The number of benzene rings is 3. The van der Waals surface area contributed by atoms with Crippen molar-refractivity contribution < 1.29 is 14.2 Å². The van der Waals surface area contributed by atoms with Gasteiger partial charge in [-0.25, -0.2) is 0 Å². The first-order valence-electron chi connectivity index (χ1n) is 11.4. The van der Waals surface area contributed by atoms with Crippen molar-refractivity contribution >= 4 is 12.6 Å². The van der Waals surface area contributed by atoms with Crippen LogP contribution in [0, 0.1) is 0 Å². The number of hydrogen-bond acceptors (Lipinski definition) is 4. The lowest BCUT2D eigenvalue weighted by Crippen LogP contribution is -2.35. The monoisotopic (exact) mass is 450 g/mol. The molecule has 0 saturated carbocycles. The van der Waals surface area contributed by atoms with Crippen LogP contribution in [0.25, 0.3) is 0 Å². The second-order valence-electron chi connectivity index (χ2n) is 7.89. The molecule has 32 heavy (non-hydrogen) atoms. The summed E-state index contributed by atoms with van der Waals surface area (Å²) in [7, 11) is 1.68. The summed E-state index contributed by atoms with van der Waals surface area (Å²) in [6, 6.07) is 28.8. The fourth-order valence-electron chi connectivity index (χ4n) is 3.86. The Morgan fingerprint density at radius 1 is 0.750 bits per heavy atom. The van der Waals surface area contributed by atoms with E-state index in [1.165, 1.54) is 12.8 Å². The Kier molecular flexibility index (Phi) is 9.66. The molecule has 0 heterocycles. The Hall–Kier alpha value is -2.27. The molecule has 0 N–H and O–H groups in total. The first-order chi connectivity index (χ1) is 15.7. The molecule has 0 bridgehead atoms. The molecule has 170 valence electrons. The number of ether oxygens (including phenoxy) is 3. The van der Waals surface area contributed by atoms with E-state index in [1.807, 2.05) is 24.3 Å². The molecule has 3 aromatic rings. The van der Waals surface area contributed by atoms with Crippen molar-refractivity contribution in [3.63, 3.8) is 0 Å². The summed E-state index contributed by atoms with van der Waals surface area (Å²) in [6.45, 7) is 3.98. The van der Waals surface area contributed by atoms with E-state index in [0.29, 0.717) is 13.2 Å². The van der Waals surface area contributed by atoms with Gasteiger partial charge in [-0.1, -0.05) is 92.6 Å². The first-order valence-corrected chi connectivity index (χ1v) is 11.9. The van der Waals surface area contributed by atoms with E-state index >= 15 is 0 Å². The van der Waals surface area contributed by atoms with Gasteiger partial charge in [0.15, 0.2) is 0 Å². The van der Waals surface area contributed by atoms with E-state index in [-0.39, 0.29) is 5.25 Å². The number of rotatable bonds is 13. The Morgan fingerprint density at radius 2 is 1.31 bits per heavy atom. The van der Waals surface area contributed by atoms with Crippen molar-refractivity contribution in [3.05, 3.63) is 102 Å². The van der Waals surface area contributed by atoms with Crippen LogP contribution >= 0.6 is 12.6 Å². The highest BCUT2D eigenvalue weighted by Gasteiger charge is 2.38. The third kappa shape index (κ3) is 6.16. The van der Waals surface area contributed by atoms with Gasteiger partial charge in [0, 0.05) is 11.9 Å². The molecule has 0 aliphatic heterocycles. The van der Waals surface area contributed by atoms with Crippen LogP contribution in [0.15, 0.2) is 84.9 Å². The van der Waals surface area contributed by atoms with E-state index < -0.39 is 5.60 Å². The predicted molar refractivity (Wildman–Crippen MR) is 135 cm³/mol. The average Bonchev–Trinajstić information content (AvgIpc) is 2.86. The summed E-state index contributed by atoms with van der Waals surface area (Å²) >= 11 is 4.77. The molecule has 0 radical (unpaired) electrons. The molecule has 0 unspecified atom stereocenters. The molecule has 4 heteroatoms. The zero-order valence-corrected chi connectivity index (χ0v) is 20.0. The highest BCUT2D eigenvalue weighted by molar-refractivity contribution is 7.81. The van der Waals surface area contributed by atoms with Crippen molar-refractivity contribution in [1.29, 1.82) is 0 Å². The second-order valence-corrected chi connectivity index (χ2v) is 8.62. The third-order valence-electron chi connectivity index (χ3n) is 5.55. The molecule has 0 fully saturated rings. The normalized spacial score (nSPS) is 12.5. The minimum atomic E-state index is -0.766. The highest BCUT2D eigenvalue weighted by Crippen LogP contribution is 2.41. The van der Waals surface area contributed by atoms with Crippen molar-refractivity contribution in [2.45, 2.75) is 37.0 Å². The molecule has 0 amide bonds. The van der Waals surface area contributed by atoms with E-state index in [0.717, 1.165) is 35.5 Å². The molecule has 0 aromatic heterocycles. The summed E-state index contributed by atoms with van der Waals surface area (Å²) in [5.41, 5.74) is 2.42. The van der Waals surface area contributed by atoms with Gasteiger partial charge in [0.1, 0.15) is 11.4 Å². The Bertz CT molecular complexity index is 857. The van der Waals surface area contributed by atoms with Crippen LogP contribution in [0.3, 0.4) is 0 Å². The summed E-state index contributed by atoms with van der Waals surface area (Å²) in [5.74, 6) is 0.816. The molecular formula is C28H34O3S. The minimum absolute atomic E-state index is 0.0262. The molecule has 3 aromatic carbocycles. The van der Waals surface area contributed by atoms with Crippen LogP contribution < -0.4 is 4.74 Å². The Balaban J connectivity index is 1.92. The summed E-state index contributed by atoms with van der Waals surface area (Å²) < 4.78 is 18.0. The van der Waals surface area contributed by atoms with Crippen LogP contribution in [0.1, 0.15) is 42.9 Å².